The van der Waals surface area contributed by atoms with Gasteiger partial charge in [0.25, 0.3) is 0 Å². The van der Waals surface area contributed by atoms with Crippen LogP contribution in [0.1, 0.15) is 158 Å². The van der Waals surface area contributed by atoms with E-state index in [2.05, 4.69) is 66.3 Å². The Morgan fingerprint density at radius 2 is 1.57 bits per heavy atom. The fourth-order valence-electron chi connectivity index (χ4n) is 10.3. The lowest BCUT2D eigenvalue weighted by molar-refractivity contribution is -0.0641. The van der Waals surface area contributed by atoms with Crippen LogP contribution in [-0.4, -0.2) is 23.7 Å². The van der Waals surface area contributed by atoms with E-state index in [9.17, 15) is 0 Å². The van der Waals surface area contributed by atoms with Gasteiger partial charge in [0.2, 0.25) is 0 Å². The molecule has 1 nitrogen and oxygen atoms in total. The quantitative estimate of drug-likeness (QED) is 0.134. The fourth-order valence-corrected chi connectivity index (χ4v) is 11.1. The van der Waals surface area contributed by atoms with Gasteiger partial charge < -0.3 is 4.74 Å². The van der Waals surface area contributed by atoms with E-state index in [1.807, 2.05) is 0 Å². The van der Waals surface area contributed by atoms with E-state index in [0.717, 1.165) is 47.4 Å². The van der Waals surface area contributed by atoms with Gasteiger partial charge in [-0.05, 0) is 122 Å². The van der Waals surface area contributed by atoms with Crippen molar-refractivity contribution < 1.29 is 4.74 Å². The van der Waals surface area contributed by atoms with E-state index in [1.165, 1.54) is 115 Å². The first-order chi connectivity index (χ1) is 19.1. The molecule has 2 heteroatoms. The van der Waals surface area contributed by atoms with Gasteiger partial charge in [-0.15, -0.1) is 0 Å². The van der Waals surface area contributed by atoms with Crippen molar-refractivity contribution in [3.63, 3.8) is 0 Å². The van der Waals surface area contributed by atoms with Gasteiger partial charge in [-0.3, -0.25) is 0 Å². The van der Waals surface area contributed by atoms with E-state index in [-0.39, 0.29) is 0 Å². The van der Waals surface area contributed by atoms with Crippen LogP contribution in [0.2, 0.25) is 0 Å². The van der Waals surface area contributed by atoms with Crippen LogP contribution in [0, 0.1) is 46.3 Å². The molecule has 0 heterocycles. The number of hydrogen-bond acceptors (Lipinski definition) is 2. The van der Waals surface area contributed by atoms with Gasteiger partial charge in [-0.2, -0.15) is 11.8 Å². The number of unbranched alkanes of at least 4 members (excludes halogenated alkanes) is 5. The van der Waals surface area contributed by atoms with E-state index in [4.69, 9.17) is 4.74 Å². The van der Waals surface area contributed by atoms with E-state index >= 15 is 0 Å². The summed E-state index contributed by atoms with van der Waals surface area (Å²) in [7, 11) is 0. The second-order valence-corrected chi connectivity index (χ2v) is 17.8. The lowest BCUT2D eigenvalue weighted by Gasteiger charge is -2.58. The summed E-state index contributed by atoms with van der Waals surface area (Å²) in [4.78, 5) is 0. The maximum Gasteiger partial charge on any atom is 0.0612 e. The average Bonchev–Trinajstić information content (AvgIpc) is 3.26. The zero-order valence-corrected chi connectivity index (χ0v) is 28.8. The first-order valence-electron chi connectivity index (χ1n) is 18.1. The molecular formula is C38H68OS. The Labute approximate surface area is 255 Å². The topological polar surface area (TPSA) is 9.23 Å². The second kappa shape index (κ2) is 15.2. The van der Waals surface area contributed by atoms with Gasteiger partial charge in [0.15, 0.2) is 0 Å². The second-order valence-electron chi connectivity index (χ2n) is 16.1. The Kier molecular flexibility index (Phi) is 12.5. The largest absolute Gasteiger partial charge is 0.378 e. The molecule has 7 unspecified atom stereocenters. The molecule has 0 spiro atoms. The number of ether oxygens (including phenoxy) is 1. The van der Waals surface area contributed by atoms with Crippen LogP contribution < -0.4 is 0 Å². The Balaban J connectivity index is 1.21. The third kappa shape index (κ3) is 7.95. The van der Waals surface area contributed by atoms with Crippen molar-refractivity contribution in [3.05, 3.63) is 11.6 Å². The van der Waals surface area contributed by atoms with Crippen LogP contribution in [0.25, 0.3) is 0 Å². The van der Waals surface area contributed by atoms with Crippen LogP contribution in [0.5, 0.6) is 0 Å². The molecule has 0 saturated heterocycles. The third-order valence-electron chi connectivity index (χ3n) is 12.6. The van der Waals surface area contributed by atoms with Gasteiger partial charge in [-0.1, -0.05) is 105 Å². The first-order valence-corrected chi connectivity index (χ1v) is 19.1. The van der Waals surface area contributed by atoms with Crippen molar-refractivity contribution in [2.45, 2.75) is 169 Å². The van der Waals surface area contributed by atoms with Crippen LogP contribution in [0.15, 0.2) is 11.6 Å². The molecule has 8 atom stereocenters. The Hall–Kier alpha value is 0.0500. The normalized spacial score (nSPS) is 36.3. The zero-order valence-electron chi connectivity index (χ0n) is 27.9. The molecule has 0 aromatic heterocycles. The Morgan fingerprint density at radius 1 is 0.825 bits per heavy atom. The van der Waals surface area contributed by atoms with Gasteiger partial charge in [0, 0.05) is 6.61 Å². The fraction of sp³-hybridized carbons (Fsp3) is 0.947. The summed E-state index contributed by atoms with van der Waals surface area (Å²) in [6.45, 7) is 18.4. The molecule has 0 N–H and O–H groups in total. The lowest BCUT2D eigenvalue weighted by Crippen LogP contribution is -2.51. The predicted molar refractivity (Wildman–Crippen MR) is 178 cm³/mol. The van der Waals surface area contributed by atoms with Gasteiger partial charge in [0.1, 0.15) is 0 Å². The summed E-state index contributed by atoms with van der Waals surface area (Å²) in [6.07, 6.45) is 27.0. The van der Waals surface area contributed by atoms with Crippen LogP contribution in [-0.2, 0) is 4.74 Å². The maximum atomic E-state index is 6.51. The van der Waals surface area contributed by atoms with Crippen molar-refractivity contribution in [2.75, 3.05) is 12.4 Å². The molecule has 4 rings (SSSR count). The number of allylic oxidation sites excluding steroid dienone is 1. The molecule has 0 amide bonds. The molecular weight excluding hydrogens is 504 g/mol. The summed E-state index contributed by atoms with van der Waals surface area (Å²) in [5.74, 6) is 6.94. The SMILES string of the molecule is CC(C)CCCC(C)C1CCC2C3CC=C4C[C@@H](OCCCCCCCCSC(C)C)CCC4(C)C3CCC12C. The molecule has 0 aliphatic heterocycles. The molecule has 3 fully saturated rings. The van der Waals surface area contributed by atoms with Crippen molar-refractivity contribution in [2.24, 2.45) is 46.3 Å². The molecule has 40 heavy (non-hydrogen) atoms. The summed E-state index contributed by atoms with van der Waals surface area (Å²) in [6, 6.07) is 0. The number of fused-ring (bicyclic) bond motifs is 5. The molecule has 0 aromatic carbocycles. The summed E-state index contributed by atoms with van der Waals surface area (Å²) in [5, 5.41) is 0.789. The van der Waals surface area contributed by atoms with Crippen LogP contribution >= 0.6 is 11.8 Å². The predicted octanol–water partition coefficient (Wildman–Crippen LogP) is 11.9. The first kappa shape index (κ1) is 33.0. The minimum Gasteiger partial charge on any atom is -0.378 e. The van der Waals surface area contributed by atoms with E-state index < -0.39 is 0 Å². The standard InChI is InChI=1S/C38H68OS/c1-28(2)15-14-16-30(5)34-19-20-35-33-18-17-31-27-32(21-23-37(31,6)36(33)22-24-38(34,35)7)39-25-12-10-8-9-11-13-26-40-29(3)4/h17,28-30,32-36H,8-16,18-27H2,1-7H3/t30?,32-,33?,34?,35?,36?,37?,38?/m0/s1. The molecule has 232 valence electrons. The molecule has 4 aliphatic rings. The molecule has 4 aliphatic carbocycles. The van der Waals surface area contributed by atoms with Gasteiger partial charge in [-0.25, -0.2) is 0 Å². The number of hydrogen-bond donors (Lipinski definition) is 0. The average molecular weight is 573 g/mol. The van der Waals surface area contributed by atoms with Gasteiger partial charge >= 0.3 is 0 Å². The highest BCUT2D eigenvalue weighted by molar-refractivity contribution is 7.99. The molecule has 0 bridgehead atoms. The molecule has 0 radical (unpaired) electrons. The van der Waals surface area contributed by atoms with Crippen molar-refractivity contribution in [1.82, 2.24) is 0 Å². The minimum atomic E-state index is 0.457. The van der Waals surface area contributed by atoms with Crippen LogP contribution in [0.4, 0.5) is 0 Å². The lowest BCUT2D eigenvalue weighted by atomic mass is 9.47. The van der Waals surface area contributed by atoms with Crippen molar-refractivity contribution in [1.29, 1.82) is 0 Å². The van der Waals surface area contributed by atoms with Crippen LogP contribution in [0.3, 0.4) is 0 Å². The highest BCUT2D eigenvalue weighted by Crippen LogP contribution is 2.67. The third-order valence-corrected chi connectivity index (χ3v) is 13.8. The highest BCUT2D eigenvalue weighted by atomic mass is 32.2. The smallest absolute Gasteiger partial charge is 0.0612 e. The maximum absolute atomic E-state index is 6.51. The summed E-state index contributed by atoms with van der Waals surface area (Å²) in [5.41, 5.74) is 2.86. The Bertz CT molecular complexity index is 786. The minimum absolute atomic E-state index is 0.457. The monoisotopic (exact) mass is 572 g/mol. The number of rotatable bonds is 16. The van der Waals surface area contributed by atoms with Crippen molar-refractivity contribution in [3.8, 4) is 0 Å². The summed E-state index contributed by atoms with van der Waals surface area (Å²) < 4.78 is 6.51. The Morgan fingerprint density at radius 3 is 2.33 bits per heavy atom. The zero-order chi connectivity index (χ0) is 28.8. The van der Waals surface area contributed by atoms with Crippen molar-refractivity contribution >= 4 is 11.8 Å². The van der Waals surface area contributed by atoms with E-state index in [0.29, 0.717) is 16.9 Å². The number of thioether (sulfide) groups is 1. The summed E-state index contributed by atoms with van der Waals surface area (Å²) >= 11 is 2.12. The molecule has 0 aromatic rings. The van der Waals surface area contributed by atoms with E-state index in [1.54, 1.807) is 5.57 Å². The highest BCUT2D eigenvalue weighted by Gasteiger charge is 2.59. The van der Waals surface area contributed by atoms with Gasteiger partial charge in [0.05, 0.1) is 6.10 Å². The molecule has 3 saturated carbocycles.